The van der Waals surface area contributed by atoms with Gasteiger partial charge in [-0.05, 0) is 23.8 Å². The lowest BCUT2D eigenvalue weighted by Gasteiger charge is -2.52. The topological polar surface area (TPSA) is 228 Å². The fraction of sp³-hybridized carbons (Fsp3) is 1.00. The molecule has 0 aliphatic carbocycles. The zero-order chi connectivity index (χ0) is 45.0. The number of rotatable bonds is 18. The molecule has 0 saturated carbocycles. The van der Waals surface area contributed by atoms with Crippen molar-refractivity contribution >= 4 is 0 Å². The summed E-state index contributed by atoms with van der Waals surface area (Å²) >= 11 is 0. The number of azide groups is 1. The van der Waals surface area contributed by atoms with Crippen molar-refractivity contribution in [3.05, 3.63) is 10.4 Å². The van der Waals surface area contributed by atoms with Crippen LogP contribution in [0.25, 0.3) is 10.4 Å². The summed E-state index contributed by atoms with van der Waals surface area (Å²) < 4.78 is 94.4. The predicted molar refractivity (Wildman–Crippen MR) is 216 cm³/mol. The lowest BCUT2D eigenvalue weighted by atomic mass is 9.83. The van der Waals surface area contributed by atoms with Crippen LogP contribution in [0.3, 0.4) is 0 Å². The molecule has 6 rings (SSSR count). The number of aliphatic hydroxyl groups excluding tert-OH is 2. The molecule has 0 aromatic carbocycles. The fourth-order valence-corrected chi connectivity index (χ4v) is 10.2. The van der Waals surface area contributed by atoms with Crippen molar-refractivity contribution in [2.45, 2.75) is 172 Å². The monoisotopic (exact) mass is 891 g/mol. The van der Waals surface area contributed by atoms with Crippen molar-refractivity contribution in [3.8, 4) is 0 Å². The second-order valence-corrected chi connectivity index (χ2v) is 17.9. The average Bonchev–Trinajstić information content (AvgIpc) is 3.70. The molecule has 0 radical (unpaired) electrons. The molecular formula is C42H73N3O17. The normalized spacial score (nSPS) is 49.7. The third-order valence-electron chi connectivity index (χ3n) is 14.3. The first-order valence-corrected chi connectivity index (χ1v) is 22.2. The zero-order valence-electron chi connectivity index (χ0n) is 38.3. The van der Waals surface area contributed by atoms with Crippen LogP contribution in [-0.4, -0.2) is 189 Å². The second kappa shape index (κ2) is 22.4. The van der Waals surface area contributed by atoms with Crippen LogP contribution in [0, 0.1) is 35.5 Å². The molecule has 2 bridgehead atoms. The van der Waals surface area contributed by atoms with Crippen LogP contribution in [0.4, 0.5) is 0 Å². The van der Waals surface area contributed by atoms with Gasteiger partial charge in [-0.25, -0.2) is 0 Å². The van der Waals surface area contributed by atoms with Gasteiger partial charge in [0.25, 0.3) is 0 Å². The van der Waals surface area contributed by atoms with Gasteiger partial charge in [0.15, 0.2) is 31.5 Å². The van der Waals surface area contributed by atoms with Gasteiger partial charge in [0.2, 0.25) is 0 Å². The van der Waals surface area contributed by atoms with E-state index in [9.17, 15) is 15.7 Å². The van der Waals surface area contributed by atoms with Gasteiger partial charge in [-0.15, -0.1) is 0 Å². The van der Waals surface area contributed by atoms with Crippen molar-refractivity contribution in [1.82, 2.24) is 0 Å². The maximum Gasteiger partial charge on any atom is 0.185 e. The van der Waals surface area contributed by atoms with E-state index in [1.165, 1.54) is 7.11 Å². The third kappa shape index (κ3) is 10.1. The summed E-state index contributed by atoms with van der Waals surface area (Å²) in [6.45, 7) is 14.5. The van der Waals surface area contributed by atoms with Gasteiger partial charge in [0, 0.05) is 64.1 Å². The molecule has 6 heterocycles. The van der Waals surface area contributed by atoms with Crippen LogP contribution in [-0.2, 0) is 71.1 Å². The molecule has 6 saturated heterocycles. The standard InChI is InChI=1S/C42H73N3O17/c1-13-24-32(59-38-20(4)18(2)30(47)25(14-46)55-38)22(6)34(50-10)41(54-24)61-31-19(3)21(5)39(56-26(31)15-48-8)60-33-23(7)35(51-11)42(58-27(33)16-49-9)62-36-28-17-53-40(57-28)29(44-45-43)37(36)52-12/h18-42,46-47H,13-17H2,1-12H3/t18-,19?,20?,21?,22+,23?,24?,25?,26+,27+,28?,29?,30+,31+,32+,33+,34?,35?,36+,37+,38+,39-,40-,41+,42+/m1/s1. The highest BCUT2D eigenvalue weighted by Crippen LogP contribution is 2.43. The van der Waals surface area contributed by atoms with E-state index in [1.54, 1.807) is 28.4 Å². The van der Waals surface area contributed by atoms with E-state index < -0.39 is 111 Å². The first-order chi connectivity index (χ1) is 29.8. The van der Waals surface area contributed by atoms with E-state index in [0.29, 0.717) is 6.42 Å². The van der Waals surface area contributed by atoms with Crippen LogP contribution in [0.5, 0.6) is 0 Å². The Hall–Kier alpha value is -1.37. The summed E-state index contributed by atoms with van der Waals surface area (Å²) in [6.07, 6.45) is -10.5. The largest absolute Gasteiger partial charge is 0.394 e. The number of ether oxygens (including phenoxy) is 15. The number of hydrogen-bond acceptors (Lipinski definition) is 18. The first-order valence-electron chi connectivity index (χ1n) is 22.2. The summed E-state index contributed by atoms with van der Waals surface area (Å²) in [5, 5.41) is 24.5. The molecule has 62 heavy (non-hydrogen) atoms. The van der Waals surface area contributed by atoms with Crippen molar-refractivity contribution in [2.24, 2.45) is 40.6 Å². The van der Waals surface area contributed by atoms with Gasteiger partial charge in [-0.1, -0.05) is 53.6 Å². The van der Waals surface area contributed by atoms with E-state index in [4.69, 9.17) is 71.1 Å². The van der Waals surface area contributed by atoms with Crippen molar-refractivity contribution in [1.29, 1.82) is 0 Å². The van der Waals surface area contributed by atoms with Crippen LogP contribution in [0.2, 0.25) is 0 Å². The first kappa shape index (κ1) is 50.1. The van der Waals surface area contributed by atoms with Gasteiger partial charge in [0.1, 0.15) is 48.8 Å². The molecule has 6 aliphatic heterocycles. The Bertz CT molecular complexity index is 1430. The Kier molecular flexibility index (Phi) is 18.1. The predicted octanol–water partition coefficient (Wildman–Crippen LogP) is 2.78. The summed E-state index contributed by atoms with van der Waals surface area (Å²) in [4.78, 5) is 2.99. The Morgan fingerprint density at radius 3 is 1.55 bits per heavy atom. The van der Waals surface area contributed by atoms with Gasteiger partial charge < -0.3 is 81.3 Å². The van der Waals surface area contributed by atoms with Crippen molar-refractivity contribution in [2.75, 3.05) is 62.0 Å². The molecule has 0 aromatic heterocycles. The minimum absolute atomic E-state index is 0.104. The summed E-state index contributed by atoms with van der Waals surface area (Å²) in [5.41, 5.74) is 9.27. The van der Waals surface area contributed by atoms with Crippen molar-refractivity contribution in [3.63, 3.8) is 0 Å². The Morgan fingerprint density at radius 2 is 1.03 bits per heavy atom. The van der Waals surface area contributed by atoms with Crippen LogP contribution in [0.1, 0.15) is 54.9 Å². The van der Waals surface area contributed by atoms with Crippen LogP contribution >= 0.6 is 0 Å². The number of aliphatic hydroxyl groups is 2. The molecule has 25 atom stereocenters. The van der Waals surface area contributed by atoms with E-state index in [-0.39, 0.29) is 68.0 Å². The average molecular weight is 892 g/mol. The van der Waals surface area contributed by atoms with E-state index in [2.05, 4.69) is 30.8 Å². The number of methoxy groups -OCH3 is 5. The van der Waals surface area contributed by atoms with E-state index >= 15 is 0 Å². The minimum Gasteiger partial charge on any atom is -0.394 e. The lowest BCUT2D eigenvalue weighted by Crippen LogP contribution is -2.63. The molecular weight excluding hydrogens is 818 g/mol. The molecule has 2 N–H and O–H groups in total. The molecule has 20 heteroatoms. The highest BCUT2D eigenvalue weighted by atomic mass is 16.8. The summed E-state index contributed by atoms with van der Waals surface area (Å²) in [6, 6.07) is -0.763. The summed E-state index contributed by atoms with van der Waals surface area (Å²) in [5.74, 6) is -1.02. The summed E-state index contributed by atoms with van der Waals surface area (Å²) in [7, 11) is 7.97. The van der Waals surface area contributed by atoms with Crippen molar-refractivity contribution < 1.29 is 81.3 Å². The molecule has 0 aromatic rings. The SMILES string of the molecule is CCC1O[C@@H](O[C@H]2C(C)C(C)[C@@H](O[C@H]3C(C)C(OC)[C@H](O[C@H]4C5CO[C@H](O5)C(N=[N+]=[N-])[C@@H]4OC)O[C@H]3COC)O[C@H]2COC)C(OC)[C@@H](C)[C@@H]1O[C@@H]1OC(CO)[C@@H](O)[C@H](C)C1C. The molecule has 6 aliphatic rings. The Morgan fingerprint density at radius 1 is 0.565 bits per heavy atom. The van der Waals surface area contributed by atoms with Crippen LogP contribution < -0.4 is 0 Å². The Labute approximate surface area is 365 Å². The molecule has 0 spiro atoms. The molecule has 358 valence electrons. The zero-order valence-corrected chi connectivity index (χ0v) is 38.3. The maximum atomic E-state index is 10.7. The lowest BCUT2D eigenvalue weighted by molar-refractivity contribution is -0.375. The van der Waals surface area contributed by atoms with Gasteiger partial charge in [-0.2, -0.15) is 0 Å². The molecule has 20 nitrogen and oxygen atoms in total. The maximum absolute atomic E-state index is 10.7. The Balaban J connectivity index is 1.15. The van der Waals surface area contributed by atoms with E-state index in [0.717, 1.165) is 0 Å². The van der Waals surface area contributed by atoms with E-state index in [1.807, 2.05) is 27.7 Å². The highest BCUT2D eigenvalue weighted by molar-refractivity contribution is 5.01. The molecule has 0 amide bonds. The number of fused-ring (bicyclic) bond motifs is 2. The quantitative estimate of drug-likeness (QED) is 0.115. The number of nitrogens with zero attached hydrogens (tertiary/aromatic N) is 3. The smallest absolute Gasteiger partial charge is 0.185 e. The minimum atomic E-state index is -0.885. The van der Waals surface area contributed by atoms with Gasteiger partial charge >= 0.3 is 0 Å². The fourth-order valence-electron chi connectivity index (χ4n) is 10.2. The van der Waals surface area contributed by atoms with Gasteiger partial charge in [-0.3, -0.25) is 0 Å². The molecule has 6 fully saturated rings. The third-order valence-corrected chi connectivity index (χ3v) is 14.3. The number of hydrogen-bond donors (Lipinski definition) is 2. The highest BCUT2D eigenvalue weighted by Gasteiger charge is 2.56. The van der Waals surface area contributed by atoms with Gasteiger partial charge in [0.05, 0.1) is 63.1 Å². The van der Waals surface area contributed by atoms with Crippen LogP contribution in [0.15, 0.2) is 5.11 Å². The second-order valence-electron chi connectivity index (χ2n) is 17.9. The molecule has 10 unspecified atom stereocenters.